The molecule has 16 heavy (non-hydrogen) atoms. The molecule has 3 heteroatoms. The maximum absolute atomic E-state index is 5.72. The predicted molar refractivity (Wildman–Crippen MR) is 71.2 cm³/mol. The Kier molecular flexibility index (Phi) is 4.57. The summed E-state index contributed by atoms with van der Waals surface area (Å²) in [5.74, 6) is 1.05. The molecular weight excluding hydrogens is 218 g/mol. The third kappa shape index (κ3) is 2.93. The molecule has 0 aromatic rings. The molecule has 0 radical (unpaired) electrons. The highest BCUT2D eigenvalue weighted by atomic mass is 32.1. The molecule has 1 saturated heterocycles. The summed E-state index contributed by atoms with van der Waals surface area (Å²) in [5, 5.41) is 0. The average Bonchev–Trinajstić information content (AvgIpc) is 2.74. The quantitative estimate of drug-likeness (QED) is 0.720. The Morgan fingerprint density at radius 2 is 2.19 bits per heavy atom. The third-order valence-electron chi connectivity index (χ3n) is 4.24. The fourth-order valence-electron chi connectivity index (χ4n) is 2.90. The van der Waals surface area contributed by atoms with Gasteiger partial charge in [-0.1, -0.05) is 13.3 Å². The largest absolute Gasteiger partial charge is 0.377 e. The highest BCUT2D eigenvalue weighted by Gasteiger charge is 2.37. The van der Waals surface area contributed by atoms with Gasteiger partial charge >= 0.3 is 0 Å². The zero-order valence-electron chi connectivity index (χ0n) is 10.5. The molecule has 0 aromatic carbocycles. The Labute approximate surface area is 105 Å². The van der Waals surface area contributed by atoms with Crippen LogP contribution >= 0.6 is 12.6 Å². The summed E-state index contributed by atoms with van der Waals surface area (Å²) >= 11 is 4.54. The van der Waals surface area contributed by atoms with E-state index in [4.69, 9.17) is 4.74 Å². The second-order valence-electron chi connectivity index (χ2n) is 5.47. The first-order chi connectivity index (χ1) is 7.78. The summed E-state index contributed by atoms with van der Waals surface area (Å²) in [7, 11) is 0. The number of hydrogen-bond donors (Lipinski definition) is 1. The molecule has 2 nitrogen and oxygen atoms in total. The maximum Gasteiger partial charge on any atom is 0.0702 e. The zero-order valence-corrected chi connectivity index (χ0v) is 11.3. The molecular formula is C13H25NOS. The van der Waals surface area contributed by atoms with Gasteiger partial charge in [0.15, 0.2) is 0 Å². The number of ether oxygens (including phenoxy) is 1. The van der Waals surface area contributed by atoms with Crippen LogP contribution in [0.25, 0.3) is 0 Å². The SMILES string of the molecule is CCN(CC1CCCO1)CC1(CS)CCC1. The van der Waals surface area contributed by atoms with Crippen molar-refractivity contribution in [2.75, 3.05) is 32.0 Å². The summed E-state index contributed by atoms with van der Waals surface area (Å²) in [6.07, 6.45) is 7.15. The van der Waals surface area contributed by atoms with Crippen molar-refractivity contribution in [3.8, 4) is 0 Å². The van der Waals surface area contributed by atoms with Gasteiger partial charge in [-0.15, -0.1) is 0 Å². The maximum atomic E-state index is 5.72. The molecule has 0 amide bonds. The van der Waals surface area contributed by atoms with Crippen LogP contribution in [-0.4, -0.2) is 43.0 Å². The van der Waals surface area contributed by atoms with Gasteiger partial charge in [0.2, 0.25) is 0 Å². The lowest BCUT2D eigenvalue weighted by atomic mass is 9.70. The monoisotopic (exact) mass is 243 g/mol. The molecule has 94 valence electrons. The van der Waals surface area contributed by atoms with Crippen LogP contribution in [0.4, 0.5) is 0 Å². The number of hydrogen-bond acceptors (Lipinski definition) is 3. The number of likely N-dealkylation sites (N-methyl/N-ethyl adjacent to an activating group) is 1. The summed E-state index contributed by atoms with van der Waals surface area (Å²) in [6.45, 7) is 6.74. The lowest BCUT2D eigenvalue weighted by Gasteiger charge is -2.44. The van der Waals surface area contributed by atoms with Crippen LogP contribution in [0.2, 0.25) is 0 Å². The van der Waals surface area contributed by atoms with E-state index in [-0.39, 0.29) is 0 Å². The van der Waals surface area contributed by atoms with Crippen LogP contribution in [-0.2, 0) is 4.74 Å². The minimum absolute atomic E-state index is 0.497. The van der Waals surface area contributed by atoms with E-state index in [9.17, 15) is 0 Å². The fourth-order valence-corrected chi connectivity index (χ4v) is 3.32. The van der Waals surface area contributed by atoms with Crippen molar-refractivity contribution < 1.29 is 4.74 Å². The van der Waals surface area contributed by atoms with Gasteiger partial charge < -0.3 is 9.64 Å². The van der Waals surface area contributed by atoms with Gasteiger partial charge in [-0.25, -0.2) is 0 Å². The standard InChI is InChI=1S/C13H25NOS/c1-2-14(9-12-5-3-8-15-12)10-13(11-16)6-4-7-13/h12,16H,2-11H2,1H3. The summed E-state index contributed by atoms with van der Waals surface area (Å²) in [6, 6.07) is 0. The molecule has 1 unspecified atom stereocenters. The van der Waals surface area contributed by atoms with E-state index in [1.165, 1.54) is 38.6 Å². The summed E-state index contributed by atoms with van der Waals surface area (Å²) < 4.78 is 5.72. The van der Waals surface area contributed by atoms with Gasteiger partial charge in [0.1, 0.15) is 0 Å². The van der Waals surface area contributed by atoms with Gasteiger partial charge in [-0.3, -0.25) is 0 Å². The summed E-state index contributed by atoms with van der Waals surface area (Å²) in [5.41, 5.74) is 0.526. The van der Waals surface area contributed by atoms with E-state index in [0.29, 0.717) is 11.5 Å². The van der Waals surface area contributed by atoms with E-state index >= 15 is 0 Å². The van der Waals surface area contributed by atoms with E-state index < -0.39 is 0 Å². The van der Waals surface area contributed by atoms with Crippen LogP contribution in [0.1, 0.15) is 39.0 Å². The Hall–Kier alpha value is 0.270. The molecule has 0 spiro atoms. The Morgan fingerprint density at radius 1 is 1.38 bits per heavy atom. The van der Waals surface area contributed by atoms with Crippen LogP contribution < -0.4 is 0 Å². The van der Waals surface area contributed by atoms with Crippen molar-refractivity contribution in [3.63, 3.8) is 0 Å². The first-order valence-corrected chi connectivity index (χ1v) is 7.36. The molecule has 0 aromatic heterocycles. The van der Waals surface area contributed by atoms with Crippen molar-refractivity contribution in [1.29, 1.82) is 0 Å². The van der Waals surface area contributed by atoms with Crippen molar-refractivity contribution in [2.45, 2.75) is 45.1 Å². The zero-order chi connectivity index (χ0) is 11.4. The molecule has 2 rings (SSSR count). The number of nitrogens with zero attached hydrogens (tertiary/aromatic N) is 1. The van der Waals surface area contributed by atoms with Gasteiger partial charge in [0.05, 0.1) is 6.10 Å². The lowest BCUT2D eigenvalue weighted by molar-refractivity contribution is 0.0396. The van der Waals surface area contributed by atoms with E-state index in [2.05, 4.69) is 24.5 Å². The Bertz CT molecular complexity index is 206. The van der Waals surface area contributed by atoms with Crippen LogP contribution in [0.3, 0.4) is 0 Å². The van der Waals surface area contributed by atoms with Crippen LogP contribution in [0.5, 0.6) is 0 Å². The van der Waals surface area contributed by atoms with E-state index in [0.717, 1.165) is 25.4 Å². The van der Waals surface area contributed by atoms with Crippen LogP contribution in [0.15, 0.2) is 0 Å². The molecule has 1 atom stereocenters. The predicted octanol–water partition coefficient (Wildman–Crippen LogP) is 2.59. The Morgan fingerprint density at radius 3 is 2.62 bits per heavy atom. The van der Waals surface area contributed by atoms with Crippen LogP contribution in [0, 0.1) is 5.41 Å². The highest BCUT2D eigenvalue weighted by Crippen LogP contribution is 2.42. The molecule has 0 N–H and O–H groups in total. The van der Waals surface area contributed by atoms with E-state index in [1.807, 2.05) is 0 Å². The van der Waals surface area contributed by atoms with Gasteiger partial charge in [0.25, 0.3) is 0 Å². The molecule has 1 heterocycles. The topological polar surface area (TPSA) is 12.5 Å². The molecule has 0 bridgehead atoms. The Balaban J connectivity index is 1.79. The van der Waals surface area contributed by atoms with Gasteiger partial charge in [-0.2, -0.15) is 12.6 Å². The third-order valence-corrected chi connectivity index (χ3v) is 4.91. The lowest BCUT2D eigenvalue weighted by Crippen LogP contribution is -2.45. The fraction of sp³-hybridized carbons (Fsp3) is 1.00. The number of rotatable bonds is 6. The van der Waals surface area contributed by atoms with E-state index in [1.54, 1.807) is 0 Å². The second-order valence-corrected chi connectivity index (χ2v) is 5.79. The number of thiol groups is 1. The van der Waals surface area contributed by atoms with Crippen molar-refractivity contribution >= 4 is 12.6 Å². The second kappa shape index (κ2) is 5.74. The highest BCUT2D eigenvalue weighted by molar-refractivity contribution is 7.80. The molecule has 2 aliphatic rings. The molecule has 1 saturated carbocycles. The van der Waals surface area contributed by atoms with Crippen molar-refractivity contribution in [1.82, 2.24) is 4.90 Å². The first-order valence-electron chi connectivity index (χ1n) is 6.73. The van der Waals surface area contributed by atoms with Crippen molar-refractivity contribution in [3.05, 3.63) is 0 Å². The molecule has 1 aliphatic carbocycles. The molecule has 1 aliphatic heterocycles. The van der Waals surface area contributed by atoms with Crippen molar-refractivity contribution in [2.24, 2.45) is 5.41 Å². The summed E-state index contributed by atoms with van der Waals surface area (Å²) in [4.78, 5) is 2.57. The molecule has 2 fully saturated rings. The minimum Gasteiger partial charge on any atom is -0.377 e. The normalized spacial score (nSPS) is 28.3. The van der Waals surface area contributed by atoms with Gasteiger partial charge in [-0.05, 0) is 43.4 Å². The minimum atomic E-state index is 0.497. The first kappa shape index (κ1) is 12.7. The smallest absolute Gasteiger partial charge is 0.0702 e. The van der Waals surface area contributed by atoms with Gasteiger partial charge in [0, 0.05) is 19.7 Å². The average molecular weight is 243 g/mol.